The zero-order chi connectivity index (χ0) is 28.6. The molecule has 0 atom stereocenters. The molecule has 1 N–H and O–H groups in total. The van der Waals surface area contributed by atoms with Crippen LogP contribution in [-0.2, 0) is 16.1 Å². The lowest BCUT2D eigenvalue weighted by Gasteiger charge is -2.27. The van der Waals surface area contributed by atoms with Gasteiger partial charge in [0, 0.05) is 37.1 Å². The molecule has 0 bridgehead atoms. The van der Waals surface area contributed by atoms with Crippen LogP contribution in [0.15, 0.2) is 78.9 Å². The van der Waals surface area contributed by atoms with Gasteiger partial charge in [0.15, 0.2) is 0 Å². The van der Waals surface area contributed by atoms with E-state index in [0.29, 0.717) is 51.0 Å². The monoisotopic (exact) mass is 553 g/mol. The fourth-order valence-electron chi connectivity index (χ4n) is 4.89. The number of aromatic amines is 1. The Morgan fingerprint density at radius 1 is 1.00 bits per heavy atom. The Bertz CT molecular complexity index is 1440. The standard InChI is InChI=1S/C27H31N3O4.C7H8/c1-2-30(27(32)26-14-22-13-21(20-6-7-20)8-9-25(22)28-26)11-10-29(18-31)15-19-4-3-5-23(12-19)34-24-16-33-17-24;1-7-5-3-2-4-6-7/h3-5,8-9,12-14,18,20,24,28H,2,6-7,10-11,15-17H2,1H3;2-6H,1H3. The van der Waals surface area contributed by atoms with Crippen molar-refractivity contribution in [2.75, 3.05) is 32.8 Å². The van der Waals surface area contributed by atoms with Crippen molar-refractivity contribution in [3.8, 4) is 5.75 Å². The van der Waals surface area contributed by atoms with Crippen LogP contribution in [0, 0.1) is 6.92 Å². The number of benzene rings is 3. The van der Waals surface area contributed by atoms with Gasteiger partial charge in [-0.1, -0.05) is 54.1 Å². The lowest BCUT2D eigenvalue weighted by Crippen LogP contribution is -2.38. The van der Waals surface area contributed by atoms with Gasteiger partial charge >= 0.3 is 0 Å². The molecule has 2 heterocycles. The summed E-state index contributed by atoms with van der Waals surface area (Å²) in [6.07, 6.45) is 3.46. The van der Waals surface area contributed by atoms with Crippen LogP contribution in [0.2, 0.25) is 0 Å². The average Bonchev–Trinajstić information content (AvgIpc) is 3.73. The molecule has 2 fully saturated rings. The van der Waals surface area contributed by atoms with Gasteiger partial charge in [-0.05, 0) is 74.1 Å². The highest BCUT2D eigenvalue weighted by atomic mass is 16.6. The lowest BCUT2D eigenvalue weighted by atomic mass is 10.1. The number of H-pyrrole nitrogens is 1. The van der Waals surface area contributed by atoms with Gasteiger partial charge in [-0.2, -0.15) is 0 Å². The van der Waals surface area contributed by atoms with Crippen LogP contribution in [0.3, 0.4) is 0 Å². The number of aromatic nitrogens is 1. The van der Waals surface area contributed by atoms with Crippen molar-refractivity contribution in [3.05, 3.63) is 101 Å². The van der Waals surface area contributed by atoms with Gasteiger partial charge < -0.3 is 24.3 Å². The molecule has 1 aliphatic heterocycles. The van der Waals surface area contributed by atoms with Crippen molar-refractivity contribution in [2.45, 2.75) is 45.3 Å². The van der Waals surface area contributed by atoms with Crippen LogP contribution in [-0.4, -0.2) is 66.1 Å². The maximum Gasteiger partial charge on any atom is 0.270 e. The summed E-state index contributed by atoms with van der Waals surface area (Å²) in [4.78, 5) is 31.7. The number of likely N-dealkylation sites (N-methyl/N-ethyl adjacent to an activating group) is 1. The molecule has 2 aliphatic rings. The number of carbonyl (C=O) groups excluding carboxylic acids is 2. The van der Waals surface area contributed by atoms with E-state index in [4.69, 9.17) is 9.47 Å². The number of hydrogen-bond donors (Lipinski definition) is 1. The zero-order valence-electron chi connectivity index (χ0n) is 23.9. The van der Waals surface area contributed by atoms with Crippen LogP contribution in [0.1, 0.15) is 52.9 Å². The molecule has 6 rings (SSSR count). The fraction of sp³-hybridized carbons (Fsp3) is 0.353. The molecule has 1 aliphatic carbocycles. The largest absolute Gasteiger partial charge is 0.486 e. The number of hydrogen-bond acceptors (Lipinski definition) is 4. The smallest absolute Gasteiger partial charge is 0.270 e. The second kappa shape index (κ2) is 13.5. The van der Waals surface area contributed by atoms with E-state index in [1.807, 2.05) is 55.5 Å². The quantitative estimate of drug-likeness (QED) is 0.233. The molecule has 2 amide bonds. The van der Waals surface area contributed by atoms with Gasteiger partial charge in [0.05, 0.1) is 13.2 Å². The topological polar surface area (TPSA) is 74.9 Å². The predicted molar refractivity (Wildman–Crippen MR) is 161 cm³/mol. The van der Waals surface area contributed by atoms with Crippen LogP contribution < -0.4 is 4.74 Å². The molecule has 1 aromatic heterocycles. The van der Waals surface area contributed by atoms with E-state index in [-0.39, 0.29) is 12.0 Å². The third-order valence-electron chi connectivity index (χ3n) is 7.53. The highest BCUT2D eigenvalue weighted by Crippen LogP contribution is 2.40. The maximum absolute atomic E-state index is 13.2. The average molecular weight is 554 g/mol. The molecule has 41 heavy (non-hydrogen) atoms. The second-order valence-corrected chi connectivity index (χ2v) is 10.8. The summed E-state index contributed by atoms with van der Waals surface area (Å²) < 4.78 is 11.0. The van der Waals surface area contributed by atoms with Crippen LogP contribution in [0.4, 0.5) is 0 Å². The van der Waals surface area contributed by atoms with Crippen molar-refractivity contribution >= 4 is 23.2 Å². The Morgan fingerprint density at radius 2 is 1.80 bits per heavy atom. The number of rotatable bonds is 11. The Hall–Kier alpha value is -4.10. The Kier molecular flexibility index (Phi) is 9.36. The highest BCUT2D eigenvalue weighted by molar-refractivity contribution is 5.98. The van der Waals surface area contributed by atoms with Crippen LogP contribution in [0.25, 0.3) is 10.9 Å². The molecular weight excluding hydrogens is 514 g/mol. The van der Waals surface area contributed by atoms with E-state index >= 15 is 0 Å². The second-order valence-electron chi connectivity index (χ2n) is 10.8. The molecule has 0 radical (unpaired) electrons. The van der Waals surface area contributed by atoms with Gasteiger partial charge in [0.25, 0.3) is 5.91 Å². The minimum Gasteiger partial charge on any atom is -0.486 e. The number of amides is 2. The molecule has 214 valence electrons. The molecule has 0 spiro atoms. The van der Waals surface area contributed by atoms with Crippen LogP contribution >= 0.6 is 0 Å². The number of nitrogens with zero attached hydrogens (tertiary/aromatic N) is 2. The number of fused-ring (bicyclic) bond motifs is 1. The summed E-state index contributed by atoms with van der Waals surface area (Å²) in [5.74, 6) is 1.42. The summed E-state index contributed by atoms with van der Waals surface area (Å²) >= 11 is 0. The minimum atomic E-state index is -0.0457. The van der Waals surface area contributed by atoms with E-state index in [0.717, 1.165) is 28.6 Å². The van der Waals surface area contributed by atoms with Crippen molar-refractivity contribution in [1.82, 2.24) is 14.8 Å². The SMILES string of the molecule is CCN(CCN(C=O)Cc1cccc(OC2COC2)c1)C(=O)c1cc2cc(C3CC3)ccc2[nH]1.Cc1ccccc1. The minimum absolute atomic E-state index is 0.0457. The summed E-state index contributed by atoms with van der Waals surface area (Å²) in [5.41, 5.74) is 5.24. The normalized spacial score (nSPS) is 14.5. The van der Waals surface area contributed by atoms with E-state index in [1.54, 1.807) is 9.80 Å². The summed E-state index contributed by atoms with van der Waals surface area (Å²) in [7, 11) is 0. The number of aryl methyl sites for hydroxylation is 1. The first kappa shape index (κ1) is 28.4. The van der Waals surface area contributed by atoms with Crippen LogP contribution in [0.5, 0.6) is 5.75 Å². The Morgan fingerprint density at radius 3 is 2.44 bits per heavy atom. The maximum atomic E-state index is 13.2. The first-order valence-corrected chi connectivity index (χ1v) is 14.5. The lowest BCUT2D eigenvalue weighted by molar-refractivity contribution is -0.118. The first-order valence-electron chi connectivity index (χ1n) is 14.5. The molecule has 1 saturated carbocycles. The van der Waals surface area contributed by atoms with E-state index in [9.17, 15) is 9.59 Å². The van der Waals surface area contributed by atoms with E-state index < -0.39 is 0 Å². The number of ether oxygens (including phenoxy) is 2. The molecule has 4 aromatic rings. The number of carbonyl (C=O) groups is 2. The van der Waals surface area contributed by atoms with Crippen molar-refractivity contribution in [2.24, 2.45) is 0 Å². The zero-order valence-corrected chi connectivity index (χ0v) is 23.9. The molecular formula is C34H39N3O4. The fourth-order valence-corrected chi connectivity index (χ4v) is 4.89. The summed E-state index contributed by atoms with van der Waals surface area (Å²) in [5, 5.41) is 1.08. The van der Waals surface area contributed by atoms with Gasteiger partial charge in [0.2, 0.25) is 6.41 Å². The van der Waals surface area contributed by atoms with Gasteiger partial charge in [0.1, 0.15) is 17.5 Å². The first-order chi connectivity index (χ1) is 20.0. The molecule has 1 saturated heterocycles. The molecule has 3 aromatic carbocycles. The Labute approximate surface area is 242 Å². The van der Waals surface area contributed by atoms with Gasteiger partial charge in [-0.15, -0.1) is 0 Å². The summed E-state index contributed by atoms with van der Waals surface area (Å²) in [6.45, 7) is 7.23. The predicted octanol–water partition coefficient (Wildman–Crippen LogP) is 5.94. The van der Waals surface area contributed by atoms with Gasteiger partial charge in [-0.25, -0.2) is 0 Å². The van der Waals surface area contributed by atoms with Crippen molar-refractivity contribution in [3.63, 3.8) is 0 Å². The molecule has 0 unspecified atom stereocenters. The third kappa shape index (κ3) is 7.76. The van der Waals surface area contributed by atoms with Crippen molar-refractivity contribution < 1.29 is 19.1 Å². The van der Waals surface area contributed by atoms with Gasteiger partial charge in [-0.3, -0.25) is 9.59 Å². The van der Waals surface area contributed by atoms with E-state index in [1.165, 1.54) is 24.0 Å². The highest BCUT2D eigenvalue weighted by Gasteiger charge is 2.24. The summed E-state index contributed by atoms with van der Waals surface area (Å²) in [6, 6.07) is 26.4. The van der Waals surface area contributed by atoms with Crippen molar-refractivity contribution in [1.29, 1.82) is 0 Å². The molecule has 7 nitrogen and oxygen atoms in total. The van der Waals surface area contributed by atoms with E-state index in [2.05, 4.69) is 42.2 Å². The third-order valence-corrected chi connectivity index (χ3v) is 7.53. The number of nitrogens with one attached hydrogen (secondary N) is 1. The molecule has 7 heteroatoms. The Balaban J connectivity index is 0.000000423.